The van der Waals surface area contributed by atoms with Gasteiger partial charge in [0.1, 0.15) is 0 Å². The predicted octanol–water partition coefficient (Wildman–Crippen LogP) is 4.14. The van der Waals surface area contributed by atoms with Crippen molar-refractivity contribution >= 4 is 45.9 Å². The molecule has 6 heteroatoms. The Hall–Kier alpha value is -1.27. The van der Waals surface area contributed by atoms with Gasteiger partial charge in [-0.2, -0.15) is 0 Å². The van der Waals surface area contributed by atoms with Crippen LogP contribution in [0.2, 0.25) is 0 Å². The van der Waals surface area contributed by atoms with Gasteiger partial charge in [-0.1, -0.05) is 0 Å². The fraction of sp³-hybridized carbons (Fsp3) is 0.200. The molecule has 3 heterocycles. The van der Waals surface area contributed by atoms with Crippen LogP contribution in [0.3, 0.4) is 0 Å². The van der Waals surface area contributed by atoms with Crippen LogP contribution in [-0.2, 0) is 12.6 Å². The van der Waals surface area contributed by atoms with Gasteiger partial charge in [-0.25, -0.2) is 0 Å². The average Bonchev–Trinajstić information content (AvgIpc) is 3.28. The summed E-state index contributed by atoms with van der Waals surface area (Å²) in [6, 6.07) is 12.3. The second-order valence-corrected chi connectivity index (χ2v) is 15.9. The van der Waals surface area contributed by atoms with Gasteiger partial charge in [0, 0.05) is 0 Å². The number of alkyl halides is 3. The number of hydrogen-bond acceptors (Lipinski definition) is 2. The molecule has 1 saturated heterocycles. The van der Waals surface area contributed by atoms with E-state index in [9.17, 15) is 13.2 Å². The summed E-state index contributed by atoms with van der Waals surface area (Å²) in [4.78, 5) is 0. The average molecular weight is 473 g/mol. The van der Waals surface area contributed by atoms with Gasteiger partial charge in [0.2, 0.25) is 0 Å². The Kier molecular flexibility index (Phi) is 3.98. The molecule has 0 aromatic heterocycles. The van der Waals surface area contributed by atoms with Crippen LogP contribution in [0, 0.1) is 0 Å². The third-order valence-corrected chi connectivity index (χ3v) is 16.1. The zero-order valence-electron chi connectivity index (χ0n) is 13.9. The van der Waals surface area contributed by atoms with Crippen molar-refractivity contribution in [3.8, 4) is 0 Å². The Morgan fingerprint density at radius 1 is 1.08 bits per heavy atom. The van der Waals surface area contributed by atoms with Gasteiger partial charge >= 0.3 is 162 Å². The van der Waals surface area contributed by atoms with Gasteiger partial charge in [-0.05, 0) is 0 Å². The van der Waals surface area contributed by atoms with Crippen molar-refractivity contribution < 1.29 is 13.2 Å². The van der Waals surface area contributed by atoms with E-state index in [2.05, 4.69) is 29.6 Å². The summed E-state index contributed by atoms with van der Waals surface area (Å²) < 4.78 is 43.0. The van der Waals surface area contributed by atoms with Gasteiger partial charge in [-0.15, -0.1) is 0 Å². The van der Waals surface area contributed by atoms with Gasteiger partial charge < -0.3 is 0 Å². The molecule has 0 aliphatic carbocycles. The maximum atomic E-state index is 12.8. The molecule has 2 aromatic rings. The maximum absolute atomic E-state index is 12.8. The molecule has 0 atom stereocenters. The minimum atomic E-state index is -4.27. The van der Waals surface area contributed by atoms with Crippen LogP contribution in [0.15, 0.2) is 51.5 Å². The number of thioether (sulfide) groups is 1. The SMILES string of the molecule is FC(F)(F)c1ccc(C[C]2=Cc3c4ccc[c]3[In]2/[C]4=C2/CSCN2)cc1. The first kappa shape index (κ1) is 16.9. The van der Waals surface area contributed by atoms with E-state index in [-0.39, 0.29) is 0 Å². The van der Waals surface area contributed by atoms with Crippen LogP contribution in [-0.4, -0.2) is 33.1 Å². The molecule has 1 N–H and O–H groups in total. The summed E-state index contributed by atoms with van der Waals surface area (Å²) in [7, 11) is 0. The summed E-state index contributed by atoms with van der Waals surface area (Å²) in [5.74, 6) is 2.02. The van der Waals surface area contributed by atoms with Gasteiger partial charge in [0.05, 0.1) is 0 Å². The number of nitrogens with one attached hydrogen (secondary N) is 1. The van der Waals surface area contributed by atoms with Gasteiger partial charge in [0.15, 0.2) is 0 Å². The summed E-state index contributed by atoms with van der Waals surface area (Å²) in [5, 5.41) is 3.55. The zero-order chi connectivity index (χ0) is 17.9. The molecule has 0 unspecified atom stereocenters. The molecule has 130 valence electrons. The van der Waals surface area contributed by atoms with Crippen molar-refractivity contribution in [1.29, 1.82) is 0 Å². The number of rotatable bonds is 2. The van der Waals surface area contributed by atoms with Gasteiger partial charge in [-0.3, -0.25) is 0 Å². The molecule has 1 nitrogen and oxygen atoms in total. The fourth-order valence-corrected chi connectivity index (χ4v) is 16.4. The van der Waals surface area contributed by atoms with Crippen LogP contribution >= 0.6 is 11.8 Å². The molecule has 2 aromatic carbocycles. The van der Waals surface area contributed by atoms with E-state index in [1.165, 1.54) is 32.3 Å². The molecule has 0 amide bonds. The molecule has 0 radical (unpaired) electrons. The van der Waals surface area contributed by atoms with E-state index >= 15 is 0 Å². The summed E-state index contributed by atoms with van der Waals surface area (Å²) in [6.45, 7) is 0. The molecule has 3 aliphatic heterocycles. The third-order valence-electron chi connectivity index (χ3n) is 5.38. The van der Waals surface area contributed by atoms with E-state index in [1.54, 1.807) is 18.8 Å². The Morgan fingerprint density at radius 2 is 1.88 bits per heavy atom. The number of allylic oxidation sites excluding steroid dienone is 1. The van der Waals surface area contributed by atoms with Crippen LogP contribution in [0.25, 0.3) is 9.41 Å². The first-order valence-electron chi connectivity index (χ1n) is 8.57. The summed E-state index contributed by atoms with van der Waals surface area (Å²) >= 11 is -0.374. The third kappa shape index (κ3) is 2.64. The summed E-state index contributed by atoms with van der Waals surface area (Å²) in [6.07, 6.45) is -1.17. The number of benzene rings is 2. The Labute approximate surface area is 161 Å². The van der Waals surface area contributed by atoms with Crippen molar-refractivity contribution in [2.24, 2.45) is 0 Å². The molecule has 5 rings (SSSR count). The van der Waals surface area contributed by atoms with Crippen LogP contribution < -0.4 is 8.64 Å². The monoisotopic (exact) mass is 473 g/mol. The van der Waals surface area contributed by atoms with E-state index in [1.807, 2.05) is 11.8 Å². The number of hydrogen-bond donors (Lipinski definition) is 1. The second-order valence-electron chi connectivity index (χ2n) is 6.89. The first-order valence-corrected chi connectivity index (χ1v) is 14.7. The predicted molar refractivity (Wildman–Crippen MR) is 102 cm³/mol. The quantitative estimate of drug-likeness (QED) is 0.704. The topological polar surface area (TPSA) is 12.0 Å². The van der Waals surface area contributed by atoms with Crippen LogP contribution in [0.1, 0.15) is 22.3 Å². The van der Waals surface area contributed by atoms with E-state index in [0.29, 0.717) is 0 Å². The van der Waals surface area contributed by atoms with Crippen molar-refractivity contribution in [2.75, 3.05) is 11.6 Å². The van der Waals surface area contributed by atoms with Crippen molar-refractivity contribution in [3.63, 3.8) is 0 Å². The fourth-order valence-electron chi connectivity index (χ4n) is 4.25. The molecule has 0 saturated carbocycles. The van der Waals surface area contributed by atoms with Crippen molar-refractivity contribution in [2.45, 2.75) is 12.6 Å². The van der Waals surface area contributed by atoms with Crippen LogP contribution in [0.4, 0.5) is 13.2 Å². The Morgan fingerprint density at radius 3 is 2.54 bits per heavy atom. The van der Waals surface area contributed by atoms with Crippen molar-refractivity contribution in [1.82, 2.24) is 5.32 Å². The molecule has 3 aliphatic rings. The number of halogens is 3. The molecule has 0 spiro atoms. The molecule has 26 heavy (non-hydrogen) atoms. The van der Waals surface area contributed by atoms with Crippen LogP contribution in [0.5, 0.6) is 0 Å². The first-order chi connectivity index (χ1) is 12.5. The van der Waals surface area contributed by atoms with E-state index in [4.69, 9.17) is 0 Å². The normalized spacial score (nSPS) is 20.6. The Bertz CT molecular complexity index is 952. The van der Waals surface area contributed by atoms with Crippen molar-refractivity contribution in [3.05, 3.63) is 73.7 Å². The summed E-state index contributed by atoms with van der Waals surface area (Å²) in [5.41, 5.74) is 4.59. The van der Waals surface area contributed by atoms with E-state index < -0.39 is 33.2 Å². The second kappa shape index (κ2) is 6.13. The van der Waals surface area contributed by atoms with E-state index in [0.717, 1.165) is 23.6 Å². The minimum absolute atomic E-state index is 0.575. The molecule has 4 bridgehead atoms. The zero-order valence-corrected chi connectivity index (χ0v) is 18.0. The molecular formula is C20H15F3InNS. The van der Waals surface area contributed by atoms with Gasteiger partial charge in [0.25, 0.3) is 0 Å². The standard InChI is InChI=1S/C20H15F3NS.In/c21-20(22,23)18-10-8-15(9-11-18)4-3-7-16-5-1-2-6-17(16)12-19-13-25-14-24-19;/h1-2,6-11,24H,4,13-14H2;. The molecular weight excluding hydrogens is 458 g/mol. The Balaban J connectivity index is 1.48. The molecule has 1 fully saturated rings.